The maximum Gasteiger partial charge on any atom is 0.338 e. The molecule has 0 amide bonds. The largest absolute Gasteiger partial charge is 0.467 e. The molecule has 0 unspecified atom stereocenters. The lowest BCUT2D eigenvalue weighted by Crippen LogP contribution is -2.65. The maximum atomic E-state index is 12.2. The number of carbonyl (C=O) groups excluding carboxylic acids is 2. The number of esters is 2. The summed E-state index contributed by atoms with van der Waals surface area (Å²) in [7, 11) is 1.25. The molecule has 2 atom stereocenters. The third-order valence-electron chi connectivity index (χ3n) is 2.79. The third-order valence-corrected chi connectivity index (χ3v) is 2.79. The van der Waals surface area contributed by atoms with Gasteiger partial charge in [-0.05, 0) is 33.7 Å². The van der Waals surface area contributed by atoms with Crippen molar-refractivity contribution in [1.29, 1.82) is 0 Å². The van der Waals surface area contributed by atoms with Gasteiger partial charge in [0, 0.05) is 12.5 Å². The van der Waals surface area contributed by atoms with Crippen molar-refractivity contribution in [2.24, 2.45) is 5.73 Å². The molecule has 0 spiro atoms. The molecule has 18 heavy (non-hydrogen) atoms. The standard InChI is InChI=1S/C12H22N2O4/c1-11(2,3)18-10(16)12(9(15)17-4)7-8(13)5-6-14-12/h8,14H,5-7,13H2,1-4H3/t8-,12+/m0/s1. The highest BCUT2D eigenvalue weighted by Crippen LogP contribution is 2.24. The van der Waals surface area contributed by atoms with Crippen molar-refractivity contribution in [3.05, 3.63) is 0 Å². The summed E-state index contributed by atoms with van der Waals surface area (Å²) in [6.07, 6.45) is 0.899. The third kappa shape index (κ3) is 3.20. The van der Waals surface area contributed by atoms with Crippen LogP contribution in [0.15, 0.2) is 0 Å². The maximum absolute atomic E-state index is 12.2. The summed E-state index contributed by atoms with van der Waals surface area (Å²) in [5.74, 6) is -1.27. The van der Waals surface area contributed by atoms with Gasteiger partial charge >= 0.3 is 11.9 Å². The minimum absolute atomic E-state index is 0.189. The van der Waals surface area contributed by atoms with Gasteiger partial charge in [0.05, 0.1) is 7.11 Å². The van der Waals surface area contributed by atoms with Crippen LogP contribution in [0.4, 0.5) is 0 Å². The van der Waals surface area contributed by atoms with Crippen LogP contribution in [-0.2, 0) is 19.1 Å². The summed E-state index contributed by atoms with van der Waals surface area (Å²) < 4.78 is 10.0. The van der Waals surface area contributed by atoms with E-state index in [0.29, 0.717) is 13.0 Å². The van der Waals surface area contributed by atoms with Crippen molar-refractivity contribution < 1.29 is 19.1 Å². The van der Waals surface area contributed by atoms with Gasteiger partial charge in [0.15, 0.2) is 0 Å². The van der Waals surface area contributed by atoms with Crippen molar-refractivity contribution >= 4 is 11.9 Å². The summed E-state index contributed by atoms with van der Waals surface area (Å²) >= 11 is 0. The lowest BCUT2D eigenvalue weighted by molar-refractivity contribution is -0.174. The molecule has 1 aliphatic rings. The van der Waals surface area contributed by atoms with E-state index < -0.39 is 23.1 Å². The van der Waals surface area contributed by atoms with E-state index in [-0.39, 0.29) is 12.5 Å². The smallest absolute Gasteiger partial charge is 0.338 e. The summed E-state index contributed by atoms with van der Waals surface area (Å²) in [5.41, 5.74) is 3.71. The number of ether oxygens (including phenoxy) is 2. The van der Waals surface area contributed by atoms with Crippen LogP contribution in [0.5, 0.6) is 0 Å². The molecule has 0 aromatic rings. The van der Waals surface area contributed by atoms with Crippen LogP contribution >= 0.6 is 0 Å². The number of hydrogen-bond acceptors (Lipinski definition) is 6. The first kappa shape index (κ1) is 14.9. The molecule has 104 valence electrons. The second kappa shape index (κ2) is 5.24. The van der Waals surface area contributed by atoms with Crippen LogP contribution in [0.1, 0.15) is 33.6 Å². The average Bonchev–Trinajstić information content (AvgIpc) is 2.25. The zero-order chi connectivity index (χ0) is 14.0. The highest BCUT2D eigenvalue weighted by atomic mass is 16.6. The fraction of sp³-hybridized carbons (Fsp3) is 0.833. The Bertz CT molecular complexity index is 337. The second-order valence-electron chi connectivity index (χ2n) is 5.58. The highest BCUT2D eigenvalue weighted by Gasteiger charge is 2.52. The molecule has 6 nitrogen and oxygen atoms in total. The molecule has 0 bridgehead atoms. The number of methoxy groups -OCH3 is 1. The Labute approximate surface area is 107 Å². The van der Waals surface area contributed by atoms with E-state index >= 15 is 0 Å². The molecule has 1 fully saturated rings. The van der Waals surface area contributed by atoms with Crippen molar-refractivity contribution in [2.75, 3.05) is 13.7 Å². The Morgan fingerprint density at radius 3 is 2.39 bits per heavy atom. The minimum atomic E-state index is -1.47. The van der Waals surface area contributed by atoms with Gasteiger partial charge in [0.1, 0.15) is 5.60 Å². The first-order valence-corrected chi connectivity index (χ1v) is 6.04. The molecular weight excluding hydrogens is 236 g/mol. The molecule has 1 aliphatic heterocycles. The first-order valence-electron chi connectivity index (χ1n) is 6.04. The minimum Gasteiger partial charge on any atom is -0.467 e. The predicted molar refractivity (Wildman–Crippen MR) is 65.8 cm³/mol. The average molecular weight is 258 g/mol. The Morgan fingerprint density at radius 1 is 1.33 bits per heavy atom. The normalized spacial score (nSPS) is 28.6. The first-order chi connectivity index (χ1) is 8.21. The summed E-state index contributed by atoms with van der Waals surface area (Å²) in [6, 6.07) is -0.224. The van der Waals surface area contributed by atoms with Crippen LogP contribution < -0.4 is 11.1 Å². The van der Waals surface area contributed by atoms with E-state index in [2.05, 4.69) is 5.32 Å². The van der Waals surface area contributed by atoms with Gasteiger partial charge in [0.2, 0.25) is 5.54 Å². The van der Waals surface area contributed by atoms with Gasteiger partial charge in [-0.2, -0.15) is 0 Å². The van der Waals surface area contributed by atoms with E-state index in [0.717, 1.165) is 0 Å². The molecule has 0 aromatic carbocycles. The molecule has 0 radical (unpaired) electrons. The van der Waals surface area contributed by atoms with Crippen molar-refractivity contribution in [3.63, 3.8) is 0 Å². The number of carbonyl (C=O) groups is 2. The van der Waals surface area contributed by atoms with Crippen LogP contribution in [0.3, 0.4) is 0 Å². The lowest BCUT2D eigenvalue weighted by atomic mass is 9.86. The van der Waals surface area contributed by atoms with Crippen LogP contribution in [0.25, 0.3) is 0 Å². The second-order valence-corrected chi connectivity index (χ2v) is 5.58. The Morgan fingerprint density at radius 2 is 1.94 bits per heavy atom. The Hall–Kier alpha value is -1.14. The molecule has 1 saturated heterocycles. The number of piperidine rings is 1. The Balaban J connectivity index is 2.97. The molecule has 3 N–H and O–H groups in total. The number of hydrogen-bond donors (Lipinski definition) is 2. The van der Waals surface area contributed by atoms with E-state index in [1.807, 2.05) is 0 Å². The topological polar surface area (TPSA) is 90.7 Å². The molecule has 6 heteroatoms. The molecular formula is C12H22N2O4. The van der Waals surface area contributed by atoms with Gasteiger partial charge in [-0.1, -0.05) is 0 Å². The lowest BCUT2D eigenvalue weighted by Gasteiger charge is -2.37. The van der Waals surface area contributed by atoms with E-state index in [1.54, 1.807) is 20.8 Å². The summed E-state index contributed by atoms with van der Waals surface area (Å²) in [6.45, 7) is 5.73. The van der Waals surface area contributed by atoms with Crippen molar-refractivity contribution in [3.8, 4) is 0 Å². The Kier molecular flexibility index (Phi) is 4.34. The van der Waals surface area contributed by atoms with Gasteiger partial charge in [-0.3, -0.25) is 5.32 Å². The SMILES string of the molecule is COC(=O)[C@@]1(C(=O)OC(C)(C)C)C[C@@H](N)CCN1. The van der Waals surface area contributed by atoms with Gasteiger partial charge in [-0.15, -0.1) is 0 Å². The van der Waals surface area contributed by atoms with E-state index in [1.165, 1.54) is 7.11 Å². The van der Waals surface area contributed by atoms with Crippen LogP contribution in [-0.4, -0.2) is 42.8 Å². The fourth-order valence-electron chi connectivity index (χ4n) is 1.97. The highest BCUT2D eigenvalue weighted by molar-refractivity contribution is 6.05. The molecule has 1 heterocycles. The fourth-order valence-corrected chi connectivity index (χ4v) is 1.97. The van der Waals surface area contributed by atoms with Gasteiger partial charge in [-0.25, -0.2) is 9.59 Å². The van der Waals surface area contributed by atoms with E-state index in [4.69, 9.17) is 15.2 Å². The number of nitrogens with one attached hydrogen (secondary N) is 1. The summed E-state index contributed by atoms with van der Waals surface area (Å²) in [5, 5.41) is 2.91. The quantitative estimate of drug-likeness (QED) is 0.533. The van der Waals surface area contributed by atoms with Crippen molar-refractivity contribution in [1.82, 2.24) is 5.32 Å². The van der Waals surface area contributed by atoms with Gasteiger partial charge < -0.3 is 15.2 Å². The van der Waals surface area contributed by atoms with Gasteiger partial charge in [0.25, 0.3) is 0 Å². The summed E-state index contributed by atoms with van der Waals surface area (Å²) in [4.78, 5) is 24.2. The van der Waals surface area contributed by atoms with Crippen molar-refractivity contribution in [2.45, 2.75) is 50.8 Å². The molecule has 1 rings (SSSR count). The zero-order valence-corrected chi connectivity index (χ0v) is 11.4. The number of nitrogens with two attached hydrogens (primary N) is 1. The predicted octanol–water partition coefficient (Wildman–Crippen LogP) is -0.0494. The van der Waals surface area contributed by atoms with Crippen LogP contribution in [0, 0.1) is 0 Å². The van der Waals surface area contributed by atoms with Crippen LogP contribution in [0.2, 0.25) is 0 Å². The number of rotatable bonds is 2. The molecule has 0 aliphatic carbocycles. The zero-order valence-electron chi connectivity index (χ0n) is 11.4. The molecule has 0 aromatic heterocycles. The molecule has 0 saturated carbocycles. The monoisotopic (exact) mass is 258 g/mol. The van der Waals surface area contributed by atoms with E-state index in [9.17, 15) is 9.59 Å².